The summed E-state index contributed by atoms with van der Waals surface area (Å²) in [6.45, 7) is 3.33. The first kappa shape index (κ1) is 14.2. The summed E-state index contributed by atoms with van der Waals surface area (Å²) in [5.74, 6) is 0.0568. The van der Waals surface area contributed by atoms with Crippen LogP contribution < -0.4 is 10.1 Å². The summed E-state index contributed by atoms with van der Waals surface area (Å²) < 4.78 is 5.17. The molecule has 1 aromatic heterocycles. The van der Waals surface area contributed by atoms with Gasteiger partial charge in [0.25, 0.3) is 5.91 Å². The molecule has 104 valence electrons. The first-order valence-corrected chi connectivity index (χ1v) is 6.81. The molecule has 0 saturated carbocycles. The highest BCUT2D eigenvalue weighted by Gasteiger charge is 2.15. The monoisotopic (exact) mass is 290 g/mol. The van der Waals surface area contributed by atoms with Crippen molar-refractivity contribution in [3.8, 4) is 5.75 Å². The molecule has 2 rings (SSSR count). The van der Waals surface area contributed by atoms with E-state index < -0.39 is 0 Å². The van der Waals surface area contributed by atoms with E-state index in [1.807, 2.05) is 13.0 Å². The lowest BCUT2D eigenvalue weighted by molar-refractivity contribution is 0.100. The largest absolute Gasteiger partial charge is 0.496 e. The molecule has 0 fully saturated rings. The van der Waals surface area contributed by atoms with Crippen LogP contribution in [0, 0.1) is 6.92 Å². The number of carbonyl (C=O) groups is 2. The molecule has 6 heteroatoms. The topological polar surface area (TPSA) is 68.3 Å². The SMILES string of the molecule is COc1ccc(C)cc1C(=O)Nc1nc(C(C)=O)cs1. The van der Waals surface area contributed by atoms with Crippen molar-refractivity contribution in [3.63, 3.8) is 0 Å². The van der Waals surface area contributed by atoms with E-state index in [4.69, 9.17) is 4.74 Å². The molecule has 0 aliphatic heterocycles. The summed E-state index contributed by atoms with van der Waals surface area (Å²) in [4.78, 5) is 27.4. The first-order chi connectivity index (χ1) is 9.51. The van der Waals surface area contributed by atoms with Gasteiger partial charge in [0.1, 0.15) is 11.4 Å². The van der Waals surface area contributed by atoms with Crippen molar-refractivity contribution in [2.24, 2.45) is 0 Å². The number of hydrogen-bond acceptors (Lipinski definition) is 5. The predicted octanol–water partition coefficient (Wildman–Crippen LogP) is 2.92. The third-order valence-electron chi connectivity index (χ3n) is 2.68. The number of aryl methyl sites for hydroxylation is 1. The van der Waals surface area contributed by atoms with Crippen LogP contribution >= 0.6 is 11.3 Å². The summed E-state index contributed by atoms with van der Waals surface area (Å²) in [6, 6.07) is 5.35. The van der Waals surface area contributed by atoms with E-state index in [9.17, 15) is 9.59 Å². The van der Waals surface area contributed by atoms with Crippen molar-refractivity contribution in [2.45, 2.75) is 13.8 Å². The van der Waals surface area contributed by atoms with E-state index in [0.29, 0.717) is 22.1 Å². The van der Waals surface area contributed by atoms with Crippen LogP contribution in [0.5, 0.6) is 5.75 Å². The summed E-state index contributed by atoms with van der Waals surface area (Å²) in [6.07, 6.45) is 0. The fourth-order valence-corrected chi connectivity index (χ4v) is 2.40. The van der Waals surface area contributed by atoms with E-state index in [-0.39, 0.29) is 11.7 Å². The van der Waals surface area contributed by atoms with Gasteiger partial charge in [0, 0.05) is 12.3 Å². The predicted molar refractivity (Wildman–Crippen MR) is 77.8 cm³/mol. The van der Waals surface area contributed by atoms with Crippen LogP contribution in [0.25, 0.3) is 0 Å². The third-order valence-corrected chi connectivity index (χ3v) is 3.44. The quantitative estimate of drug-likeness (QED) is 0.879. The van der Waals surface area contributed by atoms with Gasteiger partial charge in [-0.15, -0.1) is 11.3 Å². The molecule has 0 radical (unpaired) electrons. The number of anilines is 1. The normalized spacial score (nSPS) is 10.2. The zero-order chi connectivity index (χ0) is 14.7. The van der Waals surface area contributed by atoms with Crippen LogP contribution in [0.4, 0.5) is 5.13 Å². The number of rotatable bonds is 4. The van der Waals surface area contributed by atoms with E-state index in [0.717, 1.165) is 5.56 Å². The highest BCUT2D eigenvalue weighted by atomic mass is 32.1. The fourth-order valence-electron chi connectivity index (χ4n) is 1.66. The number of nitrogens with one attached hydrogen (secondary N) is 1. The van der Waals surface area contributed by atoms with Crippen LogP contribution in [-0.4, -0.2) is 23.8 Å². The number of carbonyl (C=O) groups excluding carboxylic acids is 2. The summed E-state index contributed by atoms with van der Waals surface area (Å²) in [5, 5.41) is 4.68. The smallest absolute Gasteiger partial charge is 0.261 e. The van der Waals surface area contributed by atoms with Gasteiger partial charge in [0.15, 0.2) is 10.9 Å². The molecule has 2 aromatic rings. The van der Waals surface area contributed by atoms with Gasteiger partial charge in [-0.3, -0.25) is 14.9 Å². The minimum Gasteiger partial charge on any atom is -0.496 e. The highest BCUT2D eigenvalue weighted by Crippen LogP contribution is 2.22. The summed E-state index contributed by atoms with van der Waals surface area (Å²) in [7, 11) is 1.51. The Hall–Kier alpha value is -2.21. The molecular formula is C14H14N2O3S. The molecule has 0 spiro atoms. The van der Waals surface area contributed by atoms with Gasteiger partial charge in [-0.1, -0.05) is 11.6 Å². The number of hydrogen-bond donors (Lipinski definition) is 1. The van der Waals surface area contributed by atoms with E-state index >= 15 is 0 Å². The highest BCUT2D eigenvalue weighted by molar-refractivity contribution is 7.14. The molecule has 0 bridgehead atoms. The van der Waals surface area contributed by atoms with Crippen LogP contribution in [0.3, 0.4) is 0 Å². The molecular weight excluding hydrogens is 276 g/mol. The number of aromatic nitrogens is 1. The van der Waals surface area contributed by atoms with Gasteiger partial charge >= 0.3 is 0 Å². The average molecular weight is 290 g/mol. The Morgan fingerprint density at radius 2 is 2.10 bits per heavy atom. The molecule has 20 heavy (non-hydrogen) atoms. The maximum Gasteiger partial charge on any atom is 0.261 e. The molecule has 0 unspecified atom stereocenters. The number of nitrogens with zero attached hydrogens (tertiary/aromatic N) is 1. The van der Waals surface area contributed by atoms with Crippen molar-refractivity contribution in [3.05, 3.63) is 40.4 Å². The minimum absolute atomic E-state index is 0.130. The van der Waals surface area contributed by atoms with E-state index in [1.165, 1.54) is 25.4 Å². The molecule has 0 saturated heterocycles. The second kappa shape index (κ2) is 5.83. The molecule has 1 heterocycles. The number of ether oxygens (including phenoxy) is 1. The summed E-state index contributed by atoms with van der Waals surface area (Å²) in [5.41, 5.74) is 1.74. The van der Waals surface area contributed by atoms with Crippen molar-refractivity contribution < 1.29 is 14.3 Å². The van der Waals surface area contributed by atoms with Gasteiger partial charge in [-0.05, 0) is 19.1 Å². The average Bonchev–Trinajstić information content (AvgIpc) is 2.87. The van der Waals surface area contributed by atoms with Gasteiger partial charge in [-0.2, -0.15) is 0 Å². The summed E-state index contributed by atoms with van der Waals surface area (Å²) >= 11 is 1.21. The second-order valence-corrected chi connectivity index (χ2v) is 5.11. The second-order valence-electron chi connectivity index (χ2n) is 4.25. The molecule has 0 aliphatic carbocycles. The zero-order valence-electron chi connectivity index (χ0n) is 11.4. The number of thiazole rings is 1. The third kappa shape index (κ3) is 3.03. The van der Waals surface area contributed by atoms with Gasteiger partial charge in [0.2, 0.25) is 0 Å². The number of ketones is 1. The Kier molecular flexibility index (Phi) is 4.14. The van der Waals surface area contributed by atoms with Crippen LogP contribution in [0.15, 0.2) is 23.6 Å². The molecule has 1 aromatic carbocycles. The Balaban J connectivity index is 2.23. The lowest BCUT2D eigenvalue weighted by Crippen LogP contribution is -2.13. The molecule has 0 atom stereocenters. The number of methoxy groups -OCH3 is 1. The minimum atomic E-state index is -0.310. The van der Waals surface area contributed by atoms with E-state index in [1.54, 1.807) is 17.5 Å². The molecule has 1 N–H and O–H groups in total. The Morgan fingerprint density at radius 3 is 2.70 bits per heavy atom. The number of benzene rings is 1. The molecule has 1 amide bonds. The molecule has 5 nitrogen and oxygen atoms in total. The van der Waals surface area contributed by atoms with Gasteiger partial charge < -0.3 is 4.74 Å². The van der Waals surface area contributed by atoms with Crippen molar-refractivity contribution >= 4 is 28.2 Å². The Morgan fingerprint density at radius 1 is 1.35 bits per heavy atom. The van der Waals surface area contributed by atoms with Crippen molar-refractivity contribution in [1.29, 1.82) is 0 Å². The van der Waals surface area contributed by atoms with Crippen molar-refractivity contribution in [1.82, 2.24) is 4.98 Å². The lowest BCUT2D eigenvalue weighted by atomic mass is 10.1. The zero-order valence-corrected chi connectivity index (χ0v) is 12.2. The first-order valence-electron chi connectivity index (χ1n) is 5.93. The number of amides is 1. The van der Waals surface area contributed by atoms with Gasteiger partial charge in [-0.25, -0.2) is 4.98 Å². The van der Waals surface area contributed by atoms with Crippen molar-refractivity contribution in [2.75, 3.05) is 12.4 Å². The standard InChI is InChI=1S/C14H14N2O3S/c1-8-4-5-12(19-3)10(6-8)13(18)16-14-15-11(7-20-14)9(2)17/h4-7H,1-3H3,(H,15,16,18). The fraction of sp³-hybridized carbons (Fsp3) is 0.214. The Labute approximate surface area is 120 Å². The lowest BCUT2D eigenvalue weighted by Gasteiger charge is -2.08. The van der Waals surface area contributed by atoms with Crippen LogP contribution in [0.2, 0.25) is 0 Å². The van der Waals surface area contributed by atoms with E-state index in [2.05, 4.69) is 10.3 Å². The van der Waals surface area contributed by atoms with Gasteiger partial charge in [0.05, 0.1) is 12.7 Å². The Bertz CT molecular complexity index is 664. The number of Topliss-reactive ketones (excluding diaryl/α,β-unsaturated/α-hetero) is 1. The maximum atomic E-state index is 12.2. The van der Waals surface area contributed by atoms with Crippen LogP contribution in [0.1, 0.15) is 33.3 Å². The maximum absolute atomic E-state index is 12.2. The van der Waals surface area contributed by atoms with Crippen LogP contribution in [-0.2, 0) is 0 Å². The molecule has 0 aliphatic rings.